The third-order valence-corrected chi connectivity index (χ3v) is 3.36. The van der Waals surface area contributed by atoms with Crippen molar-refractivity contribution in [2.24, 2.45) is 5.73 Å². The number of benzene rings is 1. The molecule has 1 saturated heterocycles. The maximum atomic E-state index is 6.02. The third kappa shape index (κ3) is 3.24. The summed E-state index contributed by atoms with van der Waals surface area (Å²) in [6.07, 6.45) is 0.837. The minimum absolute atomic E-state index is 0.0285. The lowest BCUT2D eigenvalue weighted by molar-refractivity contribution is -0.00532. The van der Waals surface area contributed by atoms with Crippen molar-refractivity contribution in [2.75, 3.05) is 13.2 Å². The highest BCUT2D eigenvalue weighted by Gasteiger charge is 2.24. The van der Waals surface area contributed by atoms with Crippen molar-refractivity contribution in [1.82, 2.24) is 0 Å². The van der Waals surface area contributed by atoms with Crippen LogP contribution in [0.2, 0.25) is 0 Å². The van der Waals surface area contributed by atoms with Crippen molar-refractivity contribution in [1.29, 1.82) is 0 Å². The van der Waals surface area contributed by atoms with Crippen molar-refractivity contribution in [2.45, 2.75) is 44.8 Å². The van der Waals surface area contributed by atoms with E-state index in [1.54, 1.807) is 0 Å². The summed E-state index contributed by atoms with van der Waals surface area (Å²) >= 11 is 0. The van der Waals surface area contributed by atoms with Crippen LogP contribution in [0.25, 0.3) is 0 Å². The van der Waals surface area contributed by atoms with Gasteiger partial charge in [-0.3, -0.25) is 0 Å². The van der Waals surface area contributed by atoms with Crippen LogP contribution in [0, 0.1) is 0 Å². The molecule has 18 heavy (non-hydrogen) atoms. The van der Waals surface area contributed by atoms with Crippen molar-refractivity contribution < 1.29 is 9.47 Å². The molecular formula is C15H23NO2. The Labute approximate surface area is 109 Å². The first-order valence-electron chi connectivity index (χ1n) is 6.57. The Morgan fingerprint density at radius 2 is 1.89 bits per heavy atom. The smallest absolute Gasteiger partial charge is 0.137 e. The summed E-state index contributed by atoms with van der Waals surface area (Å²) in [5, 5.41) is 0. The Balaban J connectivity index is 2.02. The molecule has 1 heterocycles. The highest BCUT2D eigenvalue weighted by Crippen LogP contribution is 2.25. The van der Waals surface area contributed by atoms with Crippen LogP contribution >= 0.6 is 0 Å². The second-order valence-corrected chi connectivity index (χ2v) is 5.96. The molecule has 2 N–H and O–H groups in total. The van der Waals surface area contributed by atoms with Gasteiger partial charge in [-0.2, -0.15) is 0 Å². The van der Waals surface area contributed by atoms with Crippen molar-refractivity contribution >= 4 is 0 Å². The predicted octanol–water partition coefficient (Wildman–Crippen LogP) is 2.48. The second-order valence-electron chi connectivity index (χ2n) is 5.96. The number of ether oxygens (including phenoxy) is 2. The number of hydrogen-bond acceptors (Lipinski definition) is 3. The van der Waals surface area contributed by atoms with E-state index in [0.717, 1.165) is 18.8 Å². The standard InChI is InChI=1S/C15H23NO2/c1-15(2,3)11-4-6-12(7-5-11)18-14-10-17-9-8-13(14)16/h4-7,13-14H,8-10,16H2,1-3H3. The molecule has 0 spiro atoms. The van der Waals surface area contributed by atoms with Gasteiger partial charge in [0.1, 0.15) is 11.9 Å². The van der Waals surface area contributed by atoms with E-state index in [-0.39, 0.29) is 17.6 Å². The maximum absolute atomic E-state index is 6.02. The van der Waals surface area contributed by atoms with Gasteiger partial charge >= 0.3 is 0 Å². The van der Waals surface area contributed by atoms with E-state index < -0.39 is 0 Å². The second kappa shape index (κ2) is 5.29. The lowest BCUT2D eigenvalue weighted by atomic mass is 9.87. The Kier molecular flexibility index (Phi) is 3.93. The van der Waals surface area contributed by atoms with E-state index in [0.29, 0.717) is 6.61 Å². The monoisotopic (exact) mass is 249 g/mol. The molecule has 2 rings (SSSR count). The number of nitrogens with two attached hydrogens (primary N) is 1. The number of rotatable bonds is 2. The van der Waals surface area contributed by atoms with Gasteiger partial charge in [0, 0.05) is 12.6 Å². The van der Waals surface area contributed by atoms with Gasteiger partial charge in [-0.05, 0) is 29.5 Å². The normalized spacial score (nSPS) is 24.9. The first kappa shape index (κ1) is 13.4. The van der Waals surface area contributed by atoms with Crippen LogP contribution in [0.4, 0.5) is 0 Å². The Morgan fingerprint density at radius 3 is 2.44 bits per heavy atom. The minimum Gasteiger partial charge on any atom is -0.486 e. The van der Waals surface area contributed by atoms with Crippen LogP contribution in [0.15, 0.2) is 24.3 Å². The summed E-state index contributed by atoms with van der Waals surface area (Å²) in [4.78, 5) is 0. The summed E-state index contributed by atoms with van der Waals surface area (Å²) in [5.74, 6) is 0.869. The number of hydrogen-bond donors (Lipinski definition) is 1. The molecule has 1 aliphatic heterocycles. The molecule has 0 saturated carbocycles. The third-order valence-electron chi connectivity index (χ3n) is 3.36. The van der Waals surface area contributed by atoms with Crippen LogP contribution in [-0.2, 0) is 10.2 Å². The predicted molar refractivity (Wildman–Crippen MR) is 73.0 cm³/mol. The van der Waals surface area contributed by atoms with Crippen LogP contribution in [0.3, 0.4) is 0 Å². The first-order valence-corrected chi connectivity index (χ1v) is 6.57. The average molecular weight is 249 g/mol. The zero-order valence-electron chi connectivity index (χ0n) is 11.5. The van der Waals surface area contributed by atoms with E-state index >= 15 is 0 Å². The van der Waals surface area contributed by atoms with Crippen LogP contribution in [-0.4, -0.2) is 25.4 Å². The molecule has 100 valence electrons. The summed E-state index contributed by atoms with van der Waals surface area (Å²) in [6.45, 7) is 7.93. The highest BCUT2D eigenvalue weighted by molar-refractivity contribution is 5.31. The molecule has 2 unspecified atom stereocenters. The van der Waals surface area contributed by atoms with Crippen molar-refractivity contribution in [3.05, 3.63) is 29.8 Å². The fourth-order valence-electron chi connectivity index (χ4n) is 2.06. The van der Waals surface area contributed by atoms with E-state index in [1.807, 2.05) is 12.1 Å². The molecule has 0 aromatic heterocycles. The molecule has 3 nitrogen and oxygen atoms in total. The zero-order chi connectivity index (χ0) is 13.2. The molecule has 0 bridgehead atoms. The SMILES string of the molecule is CC(C)(C)c1ccc(OC2COCCC2N)cc1. The van der Waals surface area contributed by atoms with E-state index in [9.17, 15) is 0 Å². The van der Waals surface area contributed by atoms with Gasteiger partial charge in [-0.25, -0.2) is 0 Å². The largest absolute Gasteiger partial charge is 0.486 e. The van der Waals surface area contributed by atoms with Crippen LogP contribution in [0.5, 0.6) is 5.75 Å². The molecule has 1 aromatic rings. The Morgan fingerprint density at radius 1 is 1.22 bits per heavy atom. The molecule has 0 radical (unpaired) electrons. The Bertz CT molecular complexity index is 380. The van der Waals surface area contributed by atoms with Gasteiger partial charge in [0.15, 0.2) is 0 Å². The lowest BCUT2D eigenvalue weighted by Gasteiger charge is -2.29. The highest BCUT2D eigenvalue weighted by atomic mass is 16.5. The van der Waals surface area contributed by atoms with Crippen LogP contribution < -0.4 is 10.5 Å². The van der Waals surface area contributed by atoms with Crippen molar-refractivity contribution in [3.8, 4) is 5.75 Å². The van der Waals surface area contributed by atoms with Gasteiger partial charge in [0.2, 0.25) is 0 Å². The summed E-state index contributed by atoms with van der Waals surface area (Å²) in [7, 11) is 0. The molecule has 0 amide bonds. The molecular weight excluding hydrogens is 226 g/mol. The minimum atomic E-state index is -0.0285. The zero-order valence-corrected chi connectivity index (χ0v) is 11.5. The summed E-state index contributed by atoms with van der Waals surface area (Å²) in [5.41, 5.74) is 7.50. The van der Waals surface area contributed by atoms with Gasteiger partial charge in [-0.1, -0.05) is 32.9 Å². The molecule has 2 atom stereocenters. The van der Waals surface area contributed by atoms with Gasteiger partial charge in [-0.15, -0.1) is 0 Å². The van der Waals surface area contributed by atoms with Crippen molar-refractivity contribution in [3.63, 3.8) is 0 Å². The summed E-state index contributed by atoms with van der Waals surface area (Å²) in [6, 6.07) is 8.33. The molecule has 1 aromatic carbocycles. The molecule has 3 heteroatoms. The maximum Gasteiger partial charge on any atom is 0.137 e. The van der Waals surface area contributed by atoms with Gasteiger partial charge < -0.3 is 15.2 Å². The van der Waals surface area contributed by atoms with E-state index in [1.165, 1.54) is 5.56 Å². The van der Waals surface area contributed by atoms with E-state index in [2.05, 4.69) is 32.9 Å². The molecule has 1 aliphatic rings. The fourth-order valence-corrected chi connectivity index (χ4v) is 2.06. The first-order chi connectivity index (χ1) is 8.47. The quantitative estimate of drug-likeness (QED) is 0.875. The topological polar surface area (TPSA) is 44.5 Å². The van der Waals surface area contributed by atoms with Gasteiger partial charge in [0.25, 0.3) is 0 Å². The summed E-state index contributed by atoms with van der Waals surface area (Å²) < 4.78 is 11.3. The van der Waals surface area contributed by atoms with Gasteiger partial charge in [0.05, 0.1) is 6.61 Å². The Hall–Kier alpha value is -1.06. The lowest BCUT2D eigenvalue weighted by Crippen LogP contribution is -2.46. The average Bonchev–Trinajstić information content (AvgIpc) is 2.32. The molecule has 1 fully saturated rings. The fraction of sp³-hybridized carbons (Fsp3) is 0.600. The van der Waals surface area contributed by atoms with E-state index in [4.69, 9.17) is 15.2 Å². The van der Waals surface area contributed by atoms with Crippen LogP contribution in [0.1, 0.15) is 32.8 Å². The molecule has 0 aliphatic carbocycles.